The van der Waals surface area contributed by atoms with E-state index in [0.717, 1.165) is 33.4 Å². The summed E-state index contributed by atoms with van der Waals surface area (Å²) in [7, 11) is 0. The van der Waals surface area contributed by atoms with E-state index in [1.807, 2.05) is 36.6 Å². The van der Waals surface area contributed by atoms with Gasteiger partial charge in [-0.25, -0.2) is 13.8 Å². The smallest absolute Gasteiger partial charge is 0.233 e. The molecule has 0 saturated carbocycles. The van der Waals surface area contributed by atoms with E-state index in [2.05, 4.69) is 9.97 Å². The van der Waals surface area contributed by atoms with E-state index in [9.17, 15) is 13.6 Å². The summed E-state index contributed by atoms with van der Waals surface area (Å²) in [6.45, 7) is 0.236. The molecule has 4 nitrogen and oxygen atoms in total. The minimum Gasteiger partial charge on any atom is -0.283 e. The SMILES string of the molecule is CSc1ccc(CC(=O)N(Cc2cccnc2)c2nc3c(F)cc(F)cc3s2)cc1. The van der Waals surface area contributed by atoms with Crippen molar-refractivity contribution in [2.24, 2.45) is 0 Å². The Morgan fingerprint density at radius 3 is 2.63 bits per heavy atom. The topological polar surface area (TPSA) is 46.1 Å². The lowest BCUT2D eigenvalue weighted by Gasteiger charge is -2.20. The van der Waals surface area contributed by atoms with Gasteiger partial charge in [-0.2, -0.15) is 0 Å². The molecule has 0 N–H and O–H groups in total. The molecule has 0 fully saturated rings. The first kappa shape index (κ1) is 20.4. The van der Waals surface area contributed by atoms with Crippen molar-refractivity contribution in [3.63, 3.8) is 0 Å². The third kappa shape index (κ3) is 4.49. The van der Waals surface area contributed by atoms with E-state index in [0.29, 0.717) is 9.83 Å². The second-order valence-electron chi connectivity index (χ2n) is 6.60. The summed E-state index contributed by atoms with van der Waals surface area (Å²) in [5.74, 6) is -1.60. The molecular formula is C22H17F2N3OS2. The molecule has 2 heterocycles. The average Bonchev–Trinajstić information content (AvgIpc) is 3.17. The molecule has 0 radical (unpaired) electrons. The van der Waals surface area contributed by atoms with Crippen molar-refractivity contribution < 1.29 is 13.6 Å². The third-order valence-electron chi connectivity index (χ3n) is 4.51. The summed E-state index contributed by atoms with van der Waals surface area (Å²) in [4.78, 5) is 24.2. The number of thiazole rings is 1. The number of pyridine rings is 1. The predicted molar refractivity (Wildman–Crippen MR) is 117 cm³/mol. The van der Waals surface area contributed by atoms with Crippen LogP contribution in [0.15, 0.2) is 65.8 Å². The highest BCUT2D eigenvalue weighted by Gasteiger charge is 2.22. The van der Waals surface area contributed by atoms with Gasteiger partial charge in [-0.1, -0.05) is 29.5 Å². The first-order chi connectivity index (χ1) is 14.5. The number of halogens is 2. The first-order valence-electron chi connectivity index (χ1n) is 9.11. The normalized spacial score (nSPS) is 11.0. The fourth-order valence-electron chi connectivity index (χ4n) is 3.01. The number of aromatic nitrogens is 2. The number of thioether (sulfide) groups is 1. The van der Waals surface area contributed by atoms with Crippen LogP contribution in [0.5, 0.6) is 0 Å². The quantitative estimate of drug-likeness (QED) is 0.373. The van der Waals surface area contributed by atoms with Gasteiger partial charge in [0, 0.05) is 23.4 Å². The fourth-order valence-corrected chi connectivity index (χ4v) is 4.44. The lowest BCUT2D eigenvalue weighted by molar-refractivity contribution is -0.118. The molecule has 0 aliphatic carbocycles. The largest absolute Gasteiger partial charge is 0.283 e. The minimum atomic E-state index is -0.742. The van der Waals surface area contributed by atoms with Crippen molar-refractivity contribution in [3.05, 3.63) is 83.7 Å². The van der Waals surface area contributed by atoms with Gasteiger partial charge in [-0.05, 0) is 41.6 Å². The summed E-state index contributed by atoms with van der Waals surface area (Å²) in [6.07, 6.45) is 5.48. The second-order valence-corrected chi connectivity index (χ2v) is 8.49. The lowest BCUT2D eigenvalue weighted by atomic mass is 10.1. The monoisotopic (exact) mass is 441 g/mol. The van der Waals surface area contributed by atoms with Crippen LogP contribution >= 0.6 is 23.1 Å². The van der Waals surface area contributed by atoms with E-state index in [4.69, 9.17) is 0 Å². The maximum Gasteiger partial charge on any atom is 0.233 e. The van der Waals surface area contributed by atoms with Crippen LogP contribution in [0.2, 0.25) is 0 Å². The van der Waals surface area contributed by atoms with Gasteiger partial charge in [0.05, 0.1) is 17.7 Å². The molecule has 0 aliphatic rings. The second kappa shape index (κ2) is 8.89. The Bertz CT molecular complexity index is 1180. The molecule has 4 aromatic rings. The lowest BCUT2D eigenvalue weighted by Crippen LogP contribution is -2.31. The summed E-state index contributed by atoms with van der Waals surface area (Å²) >= 11 is 2.72. The molecule has 0 saturated heterocycles. The zero-order valence-corrected chi connectivity index (χ0v) is 17.6. The van der Waals surface area contributed by atoms with Crippen molar-refractivity contribution in [2.45, 2.75) is 17.9 Å². The van der Waals surface area contributed by atoms with Gasteiger partial charge in [-0.15, -0.1) is 11.8 Å². The van der Waals surface area contributed by atoms with Gasteiger partial charge in [-0.3, -0.25) is 14.7 Å². The number of benzene rings is 2. The van der Waals surface area contributed by atoms with Crippen molar-refractivity contribution in [3.8, 4) is 0 Å². The highest BCUT2D eigenvalue weighted by molar-refractivity contribution is 7.98. The Balaban J connectivity index is 1.68. The Hall–Kier alpha value is -2.84. The molecule has 0 aliphatic heterocycles. The van der Waals surface area contributed by atoms with Crippen LogP contribution in [-0.2, 0) is 17.8 Å². The summed E-state index contributed by atoms with van der Waals surface area (Å²) in [6, 6.07) is 13.4. The molecule has 0 spiro atoms. The zero-order valence-electron chi connectivity index (χ0n) is 16.0. The van der Waals surface area contributed by atoms with Gasteiger partial charge in [0.15, 0.2) is 10.9 Å². The van der Waals surface area contributed by atoms with Crippen LogP contribution in [0.4, 0.5) is 13.9 Å². The first-order valence-corrected chi connectivity index (χ1v) is 11.2. The van der Waals surface area contributed by atoms with Crippen LogP contribution in [0.1, 0.15) is 11.1 Å². The number of fused-ring (bicyclic) bond motifs is 1. The van der Waals surface area contributed by atoms with Crippen molar-refractivity contribution in [1.82, 2.24) is 9.97 Å². The fraction of sp³-hybridized carbons (Fsp3) is 0.136. The zero-order chi connectivity index (χ0) is 21.1. The maximum atomic E-state index is 14.2. The van der Waals surface area contributed by atoms with Gasteiger partial charge in [0.1, 0.15) is 11.3 Å². The average molecular weight is 442 g/mol. The van der Waals surface area contributed by atoms with Crippen LogP contribution in [0.3, 0.4) is 0 Å². The molecule has 8 heteroatoms. The van der Waals surface area contributed by atoms with Crippen molar-refractivity contribution >= 4 is 44.4 Å². The molecule has 4 rings (SSSR count). The molecule has 0 bridgehead atoms. The number of hydrogen-bond acceptors (Lipinski definition) is 5. The minimum absolute atomic E-state index is 0.0599. The predicted octanol–water partition coefficient (Wildman–Crippen LogP) is 5.47. The van der Waals surface area contributed by atoms with Crippen LogP contribution < -0.4 is 4.90 Å². The van der Waals surface area contributed by atoms with Gasteiger partial charge in [0.25, 0.3) is 0 Å². The van der Waals surface area contributed by atoms with Crippen molar-refractivity contribution in [2.75, 3.05) is 11.2 Å². The molecular weight excluding hydrogens is 424 g/mol. The number of nitrogens with zero attached hydrogens (tertiary/aromatic N) is 3. The number of anilines is 1. The number of carbonyl (C=O) groups is 1. The molecule has 0 atom stereocenters. The Labute approximate surface area is 180 Å². The van der Waals surface area contributed by atoms with E-state index >= 15 is 0 Å². The molecule has 2 aromatic heterocycles. The molecule has 2 aromatic carbocycles. The Morgan fingerprint density at radius 1 is 1.13 bits per heavy atom. The maximum absolute atomic E-state index is 14.2. The van der Waals surface area contributed by atoms with Crippen LogP contribution in [-0.4, -0.2) is 22.1 Å². The van der Waals surface area contributed by atoms with E-state index in [-0.39, 0.29) is 24.4 Å². The molecule has 1 amide bonds. The highest BCUT2D eigenvalue weighted by Crippen LogP contribution is 2.32. The number of amides is 1. The van der Waals surface area contributed by atoms with E-state index in [1.54, 1.807) is 30.2 Å². The van der Waals surface area contributed by atoms with Gasteiger partial charge < -0.3 is 0 Å². The van der Waals surface area contributed by atoms with E-state index < -0.39 is 11.6 Å². The summed E-state index contributed by atoms with van der Waals surface area (Å²) in [5.41, 5.74) is 1.74. The number of rotatable bonds is 6. The van der Waals surface area contributed by atoms with Crippen LogP contribution in [0.25, 0.3) is 10.2 Å². The summed E-state index contributed by atoms with van der Waals surface area (Å²) < 4.78 is 28.1. The van der Waals surface area contributed by atoms with E-state index in [1.165, 1.54) is 11.0 Å². The molecule has 30 heavy (non-hydrogen) atoms. The standard InChI is InChI=1S/C22H17F2N3OS2/c1-29-17-6-4-14(5-7-17)9-20(28)27(13-15-3-2-8-25-12-15)22-26-21-18(24)10-16(23)11-19(21)30-22/h2-8,10-12H,9,13H2,1H3. The summed E-state index contributed by atoms with van der Waals surface area (Å²) in [5, 5.41) is 0.323. The Kier molecular flexibility index (Phi) is 6.06. The van der Waals surface area contributed by atoms with Gasteiger partial charge >= 0.3 is 0 Å². The Morgan fingerprint density at radius 2 is 1.93 bits per heavy atom. The molecule has 0 unspecified atom stereocenters. The van der Waals surface area contributed by atoms with Gasteiger partial charge in [0.2, 0.25) is 5.91 Å². The van der Waals surface area contributed by atoms with Crippen LogP contribution in [0, 0.1) is 11.6 Å². The molecule has 152 valence electrons. The highest BCUT2D eigenvalue weighted by atomic mass is 32.2. The number of carbonyl (C=O) groups excluding carboxylic acids is 1. The third-order valence-corrected chi connectivity index (χ3v) is 6.28. The number of hydrogen-bond donors (Lipinski definition) is 0. The van der Waals surface area contributed by atoms with Crippen molar-refractivity contribution in [1.29, 1.82) is 0 Å².